The van der Waals surface area contributed by atoms with E-state index in [0.717, 1.165) is 0 Å². The molecule has 0 bridgehead atoms. The number of ketones is 1. The highest BCUT2D eigenvalue weighted by Crippen LogP contribution is 2.05. The molecule has 0 aromatic heterocycles. The van der Waals surface area contributed by atoms with E-state index in [1.807, 2.05) is 22.6 Å². The smallest absolute Gasteiger partial charge is 0.168 e. The molecule has 0 rings (SSSR count). The Morgan fingerprint density at radius 1 is 1.75 bits per heavy atom. The van der Waals surface area contributed by atoms with E-state index < -0.39 is 0 Å². The molecule has 0 unspecified atom stereocenters. The van der Waals surface area contributed by atoms with Crippen molar-refractivity contribution >= 4 is 28.4 Å². The average molecular weight is 226 g/mol. The third-order valence-corrected chi connectivity index (χ3v) is 1.57. The lowest BCUT2D eigenvalue weighted by Crippen LogP contribution is -1.87. The van der Waals surface area contributed by atoms with Crippen LogP contribution in [0, 0.1) is 0 Å². The first-order valence-corrected chi connectivity index (χ1v) is 3.15. The van der Waals surface area contributed by atoms with Crippen LogP contribution >= 0.6 is 22.6 Å². The molecule has 0 aliphatic heterocycles. The highest BCUT2D eigenvalue weighted by molar-refractivity contribution is 14.1. The number of hydrogen-bond donors (Lipinski definition) is 0. The first kappa shape index (κ1) is 7.94. The van der Waals surface area contributed by atoms with Crippen molar-refractivity contribution in [3.8, 4) is 0 Å². The number of ether oxygens (including phenoxy) is 1. The van der Waals surface area contributed by atoms with Crippen molar-refractivity contribution in [3.63, 3.8) is 0 Å². The Bertz CT molecular complexity index is 118. The van der Waals surface area contributed by atoms with Crippen LogP contribution in [0.5, 0.6) is 0 Å². The van der Waals surface area contributed by atoms with Gasteiger partial charge in [-0.2, -0.15) is 0 Å². The molecule has 0 N–H and O–H groups in total. The summed E-state index contributed by atoms with van der Waals surface area (Å²) in [5.41, 5.74) is 0. The minimum atomic E-state index is 0.0347. The van der Waals surface area contributed by atoms with E-state index in [0.29, 0.717) is 3.58 Å². The molecule has 0 aromatic carbocycles. The van der Waals surface area contributed by atoms with Gasteiger partial charge in [-0.1, -0.05) is 0 Å². The quantitative estimate of drug-likeness (QED) is 0.405. The summed E-state index contributed by atoms with van der Waals surface area (Å²) in [7, 11) is 1.52. The lowest BCUT2D eigenvalue weighted by atomic mass is 10.4. The standard InChI is InChI=1S/C5H7IO2/c1-4(7)5(6)3-8-2/h3H,1-2H3. The van der Waals surface area contributed by atoms with Crippen LogP contribution in [-0.4, -0.2) is 12.9 Å². The van der Waals surface area contributed by atoms with Gasteiger partial charge in [-0.3, -0.25) is 4.79 Å². The van der Waals surface area contributed by atoms with Gasteiger partial charge >= 0.3 is 0 Å². The van der Waals surface area contributed by atoms with Gasteiger partial charge in [-0.25, -0.2) is 0 Å². The van der Waals surface area contributed by atoms with Crippen molar-refractivity contribution in [1.29, 1.82) is 0 Å². The molecule has 0 atom stereocenters. The number of methoxy groups -OCH3 is 1. The monoisotopic (exact) mass is 226 g/mol. The van der Waals surface area contributed by atoms with E-state index in [1.54, 1.807) is 0 Å². The minimum Gasteiger partial charge on any atom is -0.503 e. The summed E-state index contributed by atoms with van der Waals surface area (Å²) in [6.07, 6.45) is 1.42. The summed E-state index contributed by atoms with van der Waals surface area (Å²) < 4.78 is 5.19. The zero-order valence-corrected chi connectivity index (χ0v) is 6.93. The van der Waals surface area contributed by atoms with Crippen LogP contribution in [0.1, 0.15) is 6.92 Å². The molecular formula is C5H7IO2. The second-order valence-electron chi connectivity index (χ2n) is 1.26. The van der Waals surface area contributed by atoms with E-state index in [1.165, 1.54) is 20.3 Å². The number of halogens is 1. The molecule has 3 heteroatoms. The molecule has 0 heterocycles. The fraction of sp³-hybridized carbons (Fsp3) is 0.400. The van der Waals surface area contributed by atoms with Crippen LogP contribution < -0.4 is 0 Å². The lowest BCUT2D eigenvalue weighted by Gasteiger charge is -1.88. The molecule has 46 valence electrons. The number of rotatable bonds is 2. The average Bonchev–Trinajstić information content (AvgIpc) is 1.67. The van der Waals surface area contributed by atoms with Crippen molar-refractivity contribution in [2.45, 2.75) is 6.92 Å². The van der Waals surface area contributed by atoms with Crippen LogP contribution in [-0.2, 0) is 9.53 Å². The van der Waals surface area contributed by atoms with Crippen molar-refractivity contribution < 1.29 is 9.53 Å². The van der Waals surface area contributed by atoms with E-state index in [-0.39, 0.29) is 5.78 Å². The first-order valence-electron chi connectivity index (χ1n) is 2.08. The van der Waals surface area contributed by atoms with Gasteiger partial charge in [0.1, 0.15) is 0 Å². The Morgan fingerprint density at radius 2 is 2.25 bits per heavy atom. The van der Waals surface area contributed by atoms with E-state index >= 15 is 0 Å². The molecular weight excluding hydrogens is 219 g/mol. The molecule has 8 heavy (non-hydrogen) atoms. The highest BCUT2D eigenvalue weighted by Gasteiger charge is 1.94. The lowest BCUT2D eigenvalue weighted by molar-refractivity contribution is -0.112. The minimum absolute atomic E-state index is 0.0347. The van der Waals surface area contributed by atoms with E-state index in [4.69, 9.17) is 0 Å². The largest absolute Gasteiger partial charge is 0.503 e. The number of Topliss-reactive ketones (excluding diaryl/α,β-unsaturated/α-hetero) is 1. The number of carbonyl (C=O) groups is 1. The second-order valence-corrected chi connectivity index (χ2v) is 2.42. The molecule has 0 fully saturated rings. The number of hydrogen-bond acceptors (Lipinski definition) is 2. The van der Waals surface area contributed by atoms with Crippen molar-refractivity contribution in [2.75, 3.05) is 7.11 Å². The third-order valence-electron chi connectivity index (χ3n) is 0.558. The van der Waals surface area contributed by atoms with Gasteiger partial charge in [0.25, 0.3) is 0 Å². The summed E-state index contributed by atoms with van der Waals surface area (Å²) in [6, 6.07) is 0. The highest BCUT2D eigenvalue weighted by atomic mass is 127. The van der Waals surface area contributed by atoms with Gasteiger partial charge in [-0.05, 0) is 29.5 Å². The molecule has 0 aliphatic rings. The van der Waals surface area contributed by atoms with Gasteiger partial charge in [0, 0.05) is 0 Å². The van der Waals surface area contributed by atoms with Gasteiger partial charge in [-0.15, -0.1) is 0 Å². The predicted octanol–water partition coefficient (Wildman–Crippen LogP) is 1.50. The Balaban J connectivity index is 3.80. The van der Waals surface area contributed by atoms with E-state index in [9.17, 15) is 4.79 Å². The Kier molecular flexibility index (Phi) is 3.85. The fourth-order valence-electron chi connectivity index (χ4n) is 0.186. The zero-order chi connectivity index (χ0) is 6.57. The molecule has 0 aliphatic carbocycles. The second kappa shape index (κ2) is 3.88. The fourth-order valence-corrected chi connectivity index (χ4v) is 0.441. The maximum Gasteiger partial charge on any atom is 0.168 e. The summed E-state index contributed by atoms with van der Waals surface area (Å²) in [5.74, 6) is 0.0347. The van der Waals surface area contributed by atoms with Crippen LogP contribution in [0.2, 0.25) is 0 Å². The third kappa shape index (κ3) is 3.01. The Morgan fingerprint density at radius 3 is 2.38 bits per heavy atom. The topological polar surface area (TPSA) is 26.3 Å². The van der Waals surface area contributed by atoms with Crippen LogP contribution in [0.15, 0.2) is 9.84 Å². The van der Waals surface area contributed by atoms with Crippen LogP contribution in [0.4, 0.5) is 0 Å². The van der Waals surface area contributed by atoms with E-state index in [2.05, 4.69) is 4.74 Å². The van der Waals surface area contributed by atoms with Crippen molar-refractivity contribution in [3.05, 3.63) is 9.84 Å². The number of carbonyl (C=O) groups excluding carboxylic acids is 1. The molecule has 0 saturated carbocycles. The molecule has 0 saturated heterocycles. The predicted molar refractivity (Wildman–Crippen MR) is 39.8 cm³/mol. The molecule has 0 radical (unpaired) electrons. The molecule has 2 nitrogen and oxygen atoms in total. The maximum atomic E-state index is 10.4. The zero-order valence-electron chi connectivity index (χ0n) is 4.77. The Labute approximate surface area is 62.0 Å². The normalized spacial score (nSPS) is 11.1. The summed E-state index contributed by atoms with van der Waals surface area (Å²) in [5, 5.41) is 0. The Hall–Kier alpha value is -0.0600. The summed E-state index contributed by atoms with van der Waals surface area (Å²) >= 11 is 1.92. The van der Waals surface area contributed by atoms with Gasteiger partial charge < -0.3 is 4.74 Å². The summed E-state index contributed by atoms with van der Waals surface area (Å²) in [6.45, 7) is 1.50. The molecule has 0 spiro atoms. The molecule has 0 amide bonds. The van der Waals surface area contributed by atoms with Crippen molar-refractivity contribution in [2.24, 2.45) is 0 Å². The SMILES string of the molecule is COC=C(I)C(C)=O. The van der Waals surface area contributed by atoms with Gasteiger partial charge in [0.15, 0.2) is 5.78 Å². The summed E-state index contributed by atoms with van der Waals surface area (Å²) in [4.78, 5) is 10.4. The van der Waals surface area contributed by atoms with Crippen LogP contribution in [0.3, 0.4) is 0 Å². The first-order chi connectivity index (χ1) is 3.68. The van der Waals surface area contributed by atoms with Gasteiger partial charge in [0.2, 0.25) is 0 Å². The van der Waals surface area contributed by atoms with Crippen LogP contribution in [0.25, 0.3) is 0 Å². The number of allylic oxidation sites excluding steroid dienone is 1. The van der Waals surface area contributed by atoms with Crippen molar-refractivity contribution in [1.82, 2.24) is 0 Å². The van der Waals surface area contributed by atoms with Gasteiger partial charge in [0.05, 0.1) is 17.0 Å². The molecule has 0 aromatic rings. The maximum absolute atomic E-state index is 10.4.